The van der Waals surface area contributed by atoms with Crippen LogP contribution in [0.3, 0.4) is 0 Å². The van der Waals surface area contributed by atoms with E-state index in [1.165, 1.54) is 29.2 Å². The fraction of sp³-hybridized carbons (Fsp3) is 0.100. The average molecular weight is 291 g/mol. The Bertz CT molecular complexity index is 505. The molecule has 1 aromatic heterocycles. The summed E-state index contributed by atoms with van der Waals surface area (Å²) in [5.41, 5.74) is -0.689. The van der Waals surface area contributed by atoms with Crippen molar-refractivity contribution in [2.24, 2.45) is 0 Å². The first-order valence-electron chi connectivity index (χ1n) is 4.35. The minimum absolute atomic E-state index is 0.0145. The van der Waals surface area contributed by atoms with E-state index in [9.17, 15) is 13.2 Å². The van der Waals surface area contributed by atoms with Crippen LogP contribution in [0.25, 0.3) is 5.69 Å². The summed E-state index contributed by atoms with van der Waals surface area (Å²) in [6, 6.07) is 5.30. The number of halogens is 4. The standard InChI is InChI=1S/C10H6BrF3N2/c11-7-5-15-16(6-7)9-4-2-1-3-8(9)10(12,13)14/h1-6H. The molecule has 0 spiro atoms. The molecule has 0 N–H and O–H groups in total. The lowest BCUT2D eigenvalue weighted by molar-refractivity contribution is -0.137. The molecule has 0 bridgehead atoms. The number of alkyl halides is 3. The van der Waals surface area contributed by atoms with Gasteiger partial charge in [0.15, 0.2) is 0 Å². The topological polar surface area (TPSA) is 17.8 Å². The molecule has 0 aliphatic rings. The second-order valence-electron chi connectivity index (χ2n) is 3.12. The third kappa shape index (κ3) is 2.11. The molecule has 84 valence electrons. The number of benzene rings is 1. The van der Waals surface area contributed by atoms with Crippen molar-refractivity contribution in [3.63, 3.8) is 0 Å². The van der Waals surface area contributed by atoms with E-state index in [1.807, 2.05) is 0 Å². The maximum atomic E-state index is 12.7. The first kappa shape index (κ1) is 11.2. The van der Waals surface area contributed by atoms with Gasteiger partial charge in [0.05, 0.1) is 21.9 Å². The summed E-state index contributed by atoms with van der Waals surface area (Å²) in [4.78, 5) is 0. The molecule has 0 saturated carbocycles. The van der Waals surface area contributed by atoms with E-state index < -0.39 is 11.7 Å². The highest BCUT2D eigenvalue weighted by molar-refractivity contribution is 9.10. The molecule has 0 unspecified atom stereocenters. The van der Waals surface area contributed by atoms with Crippen LogP contribution in [0.5, 0.6) is 0 Å². The molecule has 0 radical (unpaired) electrons. The van der Waals surface area contributed by atoms with Gasteiger partial charge in [-0.1, -0.05) is 12.1 Å². The van der Waals surface area contributed by atoms with Crippen molar-refractivity contribution in [2.75, 3.05) is 0 Å². The van der Waals surface area contributed by atoms with Gasteiger partial charge in [-0.2, -0.15) is 18.3 Å². The summed E-state index contributed by atoms with van der Waals surface area (Å²) in [7, 11) is 0. The van der Waals surface area contributed by atoms with E-state index in [-0.39, 0.29) is 5.69 Å². The van der Waals surface area contributed by atoms with Gasteiger partial charge in [0.1, 0.15) is 0 Å². The Balaban J connectivity index is 2.57. The Morgan fingerprint density at radius 2 is 1.88 bits per heavy atom. The fourth-order valence-electron chi connectivity index (χ4n) is 1.35. The molecular weight excluding hydrogens is 285 g/mol. The molecule has 0 saturated heterocycles. The molecule has 1 aromatic carbocycles. The zero-order valence-corrected chi connectivity index (χ0v) is 9.46. The van der Waals surface area contributed by atoms with Crippen LogP contribution >= 0.6 is 15.9 Å². The van der Waals surface area contributed by atoms with Crippen molar-refractivity contribution >= 4 is 15.9 Å². The van der Waals surface area contributed by atoms with Crippen molar-refractivity contribution < 1.29 is 13.2 Å². The van der Waals surface area contributed by atoms with Crippen molar-refractivity contribution in [3.8, 4) is 5.69 Å². The summed E-state index contributed by atoms with van der Waals surface area (Å²) >= 11 is 3.14. The van der Waals surface area contributed by atoms with E-state index in [4.69, 9.17) is 0 Å². The Kier molecular flexibility index (Phi) is 2.75. The molecular formula is C10H6BrF3N2. The molecule has 0 atom stereocenters. The summed E-state index contributed by atoms with van der Waals surface area (Å²) in [5, 5.41) is 3.83. The highest BCUT2D eigenvalue weighted by Gasteiger charge is 2.33. The third-order valence-electron chi connectivity index (χ3n) is 2.01. The largest absolute Gasteiger partial charge is 0.418 e. The number of hydrogen-bond donors (Lipinski definition) is 0. The molecule has 0 amide bonds. The maximum absolute atomic E-state index is 12.7. The summed E-state index contributed by atoms with van der Waals surface area (Å²) in [6.07, 6.45) is -1.47. The summed E-state index contributed by atoms with van der Waals surface area (Å²) in [6.45, 7) is 0. The zero-order valence-electron chi connectivity index (χ0n) is 7.87. The maximum Gasteiger partial charge on any atom is 0.418 e. The minimum Gasteiger partial charge on any atom is -0.239 e. The highest BCUT2D eigenvalue weighted by Crippen LogP contribution is 2.33. The van der Waals surface area contributed by atoms with Crippen molar-refractivity contribution in [1.29, 1.82) is 0 Å². The van der Waals surface area contributed by atoms with Crippen molar-refractivity contribution in [3.05, 3.63) is 46.7 Å². The van der Waals surface area contributed by atoms with E-state index in [2.05, 4.69) is 21.0 Å². The van der Waals surface area contributed by atoms with Gasteiger partial charge in [-0.05, 0) is 28.1 Å². The van der Waals surface area contributed by atoms with Crippen LogP contribution in [0, 0.1) is 0 Å². The number of aromatic nitrogens is 2. The van der Waals surface area contributed by atoms with E-state index in [0.717, 1.165) is 6.07 Å². The molecule has 0 aliphatic heterocycles. The Hall–Kier alpha value is -1.30. The lowest BCUT2D eigenvalue weighted by Crippen LogP contribution is -2.10. The van der Waals surface area contributed by atoms with Crippen LogP contribution in [0.2, 0.25) is 0 Å². The number of rotatable bonds is 1. The number of nitrogens with zero attached hydrogens (tertiary/aromatic N) is 2. The lowest BCUT2D eigenvalue weighted by Gasteiger charge is -2.11. The second kappa shape index (κ2) is 3.93. The summed E-state index contributed by atoms with van der Waals surface area (Å²) < 4.78 is 39.9. The van der Waals surface area contributed by atoms with Crippen LogP contribution in [-0.4, -0.2) is 9.78 Å². The van der Waals surface area contributed by atoms with Gasteiger partial charge in [0.25, 0.3) is 0 Å². The predicted molar refractivity (Wildman–Crippen MR) is 56.3 cm³/mol. The summed E-state index contributed by atoms with van der Waals surface area (Å²) in [5.74, 6) is 0. The first-order chi connectivity index (χ1) is 7.48. The van der Waals surface area contributed by atoms with Crippen LogP contribution < -0.4 is 0 Å². The van der Waals surface area contributed by atoms with Gasteiger partial charge in [0.2, 0.25) is 0 Å². The third-order valence-corrected chi connectivity index (χ3v) is 2.42. The SMILES string of the molecule is FC(F)(F)c1ccccc1-n1cc(Br)cn1. The van der Waals surface area contributed by atoms with Crippen LogP contribution in [0.1, 0.15) is 5.56 Å². The smallest absolute Gasteiger partial charge is 0.239 e. The Morgan fingerprint density at radius 1 is 1.19 bits per heavy atom. The zero-order chi connectivity index (χ0) is 11.8. The van der Waals surface area contributed by atoms with Crippen LogP contribution in [0.15, 0.2) is 41.1 Å². The minimum atomic E-state index is -4.38. The van der Waals surface area contributed by atoms with Gasteiger partial charge in [-0.15, -0.1) is 0 Å². The molecule has 2 aromatic rings. The van der Waals surface area contributed by atoms with Crippen molar-refractivity contribution in [1.82, 2.24) is 9.78 Å². The van der Waals surface area contributed by atoms with E-state index >= 15 is 0 Å². The van der Waals surface area contributed by atoms with Crippen molar-refractivity contribution in [2.45, 2.75) is 6.18 Å². The fourth-order valence-corrected chi connectivity index (χ4v) is 1.63. The van der Waals surface area contributed by atoms with Gasteiger partial charge >= 0.3 is 6.18 Å². The lowest BCUT2D eigenvalue weighted by atomic mass is 10.2. The van der Waals surface area contributed by atoms with Crippen LogP contribution in [-0.2, 0) is 6.18 Å². The Morgan fingerprint density at radius 3 is 2.44 bits per heavy atom. The number of hydrogen-bond acceptors (Lipinski definition) is 1. The van der Waals surface area contributed by atoms with Gasteiger partial charge in [-0.3, -0.25) is 0 Å². The molecule has 2 nitrogen and oxygen atoms in total. The van der Waals surface area contributed by atoms with Crippen LogP contribution in [0.4, 0.5) is 13.2 Å². The van der Waals surface area contributed by atoms with E-state index in [1.54, 1.807) is 6.07 Å². The average Bonchev–Trinajstić information content (AvgIpc) is 2.64. The van der Waals surface area contributed by atoms with Gasteiger partial charge in [0, 0.05) is 6.20 Å². The van der Waals surface area contributed by atoms with E-state index in [0.29, 0.717) is 4.47 Å². The highest BCUT2D eigenvalue weighted by atomic mass is 79.9. The second-order valence-corrected chi connectivity index (χ2v) is 4.03. The first-order valence-corrected chi connectivity index (χ1v) is 5.14. The van der Waals surface area contributed by atoms with Gasteiger partial charge < -0.3 is 0 Å². The normalized spacial score (nSPS) is 11.8. The van der Waals surface area contributed by atoms with Gasteiger partial charge in [-0.25, -0.2) is 4.68 Å². The Labute approximate surface area is 97.8 Å². The molecule has 0 fully saturated rings. The quantitative estimate of drug-likeness (QED) is 0.784. The molecule has 16 heavy (non-hydrogen) atoms. The predicted octanol–water partition coefficient (Wildman–Crippen LogP) is 3.65. The number of para-hydroxylation sites is 1. The monoisotopic (exact) mass is 290 g/mol. The molecule has 6 heteroatoms. The molecule has 2 rings (SSSR count). The molecule has 0 aliphatic carbocycles. The molecule has 1 heterocycles.